The van der Waals surface area contributed by atoms with Crippen molar-refractivity contribution in [1.82, 2.24) is 24.4 Å². The molecular formula is C29H28ClN7O2S. The Hall–Kier alpha value is -3.99. The van der Waals surface area contributed by atoms with Crippen LogP contribution in [0.3, 0.4) is 0 Å². The molecule has 0 aliphatic carbocycles. The summed E-state index contributed by atoms with van der Waals surface area (Å²) in [6.45, 7) is 6.42. The largest absolute Gasteiger partial charge is 0.484 e. The predicted molar refractivity (Wildman–Crippen MR) is 157 cm³/mol. The molecule has 1 atom stereocenters. The number of imidazole rings is 1. The van der Waals surface area contributed by atoms with Crippen LogP contribution in [-0.2, 0) is 6.54 Å². The molecule has 0 saturated carbocycles. The minimum Gasteiger partial charge on any atom is -0.484 e. The smallest absolute Gasteiger partial charge is 0.262 e. The van der Waals surface area contributed by atoms with Gasteiger partial charge in [-0.25, -0.2) is 4.98 Å². The topological polar surface area (TPSA) is 102 Å². The van der Waals surface area contributed by atoms with Gasteiger partial charge in [-0.1, -0.05) is 29.8 Å². The van der Waals surface area contributed by atoms with Gasteiger partial charge in [0.1, 0.15) is 33.6 Å². The number of primary amides is 1. The van der Waals surface area contributed by atoms with Gasteiger partial charge in [-0.2, -0.15) is 0 Å². The van der Waals surface area contributed by atoms with E-state index in [4.69, 9.17) is 22.1 Å². The van der Waals surface area contributed by atoms with Crippen LogP contribution in [0.5, 0.6) is 5.75 Å². The lowest BCUT2D eigenvalue weighted by Gasteiger charge is -2.35. The van der Waals surface area contributed by atoms with Crippen molar-refractivity contribution < 1.29 is 9.53 Å². The van der Waals surface area contributed by atoms with Crippen LogP contribution >= 0.6 is 22.9 Å². The molecule has 1 aliphatic heterocycles. The number of nitrogens with zero attached hydrogens (tertiary/aromatic N) is 6. The molecule has 1 fully saturated rings. The number of aromatic nitrogens is 4. The lowest BCUT2D eigenvalue weighted by atomic mass is 10.1. The first kappa shape index (κ1) is 26.2. The number of anilines is 1. The molecule has 0 radical (unpaired) electrons. The lowest BCUT2D eigenvalue weighted by Crippen LogP contribution is -2.46. The fraction of sp³-hybridized carbons (Fsp3) is 0.241. The molecule has 11 heteroatoms. The fourth-order valence-corrected chi connectivity index (χ4v) is 6.18. The van der Waals surface area contributed by atoms with E-state index in [2.05, 4.69) is 43.0 Å². The zero-order chi connectivity index (χ0) is 27.6. The summed E-state index contributed by atoms with van der Waals surface area (Å²) in [6, 6.07) is 15.5. The molecule has 9 nitrogen and oxygen atoms in total. The van der Waals surface area contributed by atoms with Crippen LogP contribution in [0.25, 0.3) is 16.0 Å². The zero-order valence-corrected chi connectivity index (χ0v) is 23.5. The van der Waals surface area contributed by atoms with Gasteiger partial charge in [0.05, 0.1) is 17.4 Å². The molecule has 4 aromatic heterocycles. The molecule has 1 aromatic carbocycles. The summed E-state index contributed by atoms with van der Waals surface area (Å²) in [6.07, 6.45) is 6.83. The molecule has 0 bridgehead atoms. The number of ether oxygens (including phenoxy) is 1. The van der Waals surface area contributed by atoms with E-state index < -0.39 is 5.91 Å². The molecule has 5 heterocycles. The summed E-state index contributed by atoms with van der Waals surface area (Å²) in [4.78, 5) is 30.8. The number of carbonyl (C=O) groups excluding carboxylic acids is 1. The van der Waals surface area contributed by atoms with Gasteiger partial charge in [-0.05, 0) is 31.2 Å². The molecule has 1 aliphatic rings. The third-order valence-electron chi connectivity index (χ3n) is 7.07. The highest BCUT2D eigenvalue weighted by Crippen LogP contribution is 2.37. The Labute approximate surface area is 240 Å². The van der Waals surface area contributed by atoms with Crippen molar-refractivity contribution >= 4 is 45.6 Å². The number of rotatable bonds is 8. The number of fused-ring (bicyclic) bond motifs is 1. The SMILES string of the molecule is C[C@@H](Oc1cc(-n2cnc3cnc(CN4CCN(c5ccncc5)CC4)cc32)sc1C(N)=O)c1ccccc1Cl. The van der Waals surface area contributed by atoms with Crippen LogP contribution in [0.2, 0.25) is 5.02 Å². The molecule has 6 rings (SSSR count). The highest BCUT2D eigenvalue weighted by molar-refractivity contribution is 7.16. The first-order valence-electron chi connectivity index (χ1n) is 13.0. The van der Waals surface area contributed by atoms with Gasteiger partial charge in [0.2, 0.25) is 0 Å². The number of thiophene rings is 1. The van der Waals surface area contributed by atoms with Crippen LogP contribution in [0.1, 0.15) is 34.0 Å². The minimum absolute atomic E-state index is 0.345. The van der Waals surface area contributed by atoms with Crippen LogP contribution in [0.15, 0.2) is 73.4 Å². The van der Waals surface area contributed by atoms with E-state index in [0.29, 0.717) is 15.6 Å². The maximum Gasteiger partial charge on any atom is 0.262 e. The fourth-order valence-electron chi connectivity index (χ4n) is 4.96. The second kappa shape index (κ2) is 11.2. The van der Waals surface area contributed by atoms with Crippen molar-refractivity contribution in [1.29, 1.82) is 0 Å². The number of piperazine rings is 1. The van der Waals surface area contributed by atoms with E-state index in [1.165, 1.54) is 17.0 Å². The highest BCUT2D eigenvalue weighted by Gasteiger charge is 2.22. The number of halogens is 1. The van der Waals surface area contributed by atoms with Gasteiger partial charge in [-0.3, -0.25) is 24.2 Å². The Bertz CT molecular complexity index is 1650. The molecule has 5 aromatic rings. The quantitative estimate of drug-likeness (QED) is 0.276. The number of hydrogen-bond acceptors (Lipinski definition) is 8. The third-order valence-corrected chi connectivity index (χ3v) is 8.54. The predicted octanol–water partition coefficient (Wildman–Crippen LogP) is 5.09. The second-order valence-electron chi connectivity index (χ2n) is 9.67. The average molecular weight is 574 g/mol. The number of pyridine rings is 2. The van der Waals surface area contributed by atoms with Gasteiger partial charge >= 0.3 is 0 Å². The summed E-state index contributed by atoms with van der Waals surface area (Å²) in [5.41, 5.74) is 10.4. The first-order chi connectivity index (χ1) is 19.5. The van der Waals surface area contributed by atoms with Crippen molar-refractivity contribution in [3.8, 4) is 10.8 Å². The van der Waals surface area contributed by atoms with Gasteiger partial charge in [-0.15, -0.1) is 11.3 Å². The van der Waals surface area contributed by atoms with Crippen LogP contribution in [0.4, 0.5) is 5.69 Å². The maximum atomic E-state index is 12.3. The number of hydrogen-bond donors (Lipinski definition) is 1. The van der Waals surface area contributed by atoms with Crippen LogP contribution < -0.4 is 15.4 Å². The van der Waals surface area contributed by atoms with Gasteiger partial charge in [0.15, 0.2) is 0 Å². The molecule has 1 saturated heterocycles. The molecular weight excluding hydrogens is 546 g/mol. The van der Waals surface area contributed by atoms with Gasteiger partial charge in [0.25, 0.3) is 5.91 Å². The number of benzene rings is 1. The average Bonchev–Trinajstić information content (AvgIpc) is 3.58. The van der Waals surface area contributed by atoms with E-state index in [1.807, 2.05) is 54.2 Å². The number of amides is 1. The lowest BCUT2D eigenvalue weighted by molar-refractivity contribution is 0.0998. The van der Waals surface area contributed by atoms with E-state index in [1.54, 1.807) is 12.5 Å². The van der Waals surface area contributed by atoms with Gasteiger partial charge in [0, 0.05) is 67.5 Å². The Morgan fingerprint density at radius 1 is 1.10 bits per heavy atom. The summed E-state index contributed by atoms with van der Waals surface area (Å²) in [7, 11) is 0. The number of carbonyl (C=O) groups is 1. The molecule has 0 unspecified atom stereocenters. The van der Waals surface area contributed by atoms with E-state index >= 15 is 0 Å². The maximum absolute atomic E-state index is 12.3. The number of nitrogens with two attached hydrogens (primary N) is 1. The van der Waals surface area contributed by atoms with Crippen molar-refractivity contribution in [3.63, 3.8) is 0 Å². The first-order valence-corrected chi connectivity index (χ1v) is 14.2. The van der Waals surface area contributed by atoms with Crippen molar-refractivity contribution in [3.05, 3.63) is 94.6 Å². The highest BCUT2D eigenvalue weighted by atomic mass is 35.5. The summed E-state index contributed by atoms with van der Waals surface area (Å²) < 4.78 is 8.14. The summed E-state index contributed by atoms with van der Waals surface area (Å²) in [5, 5.41) is 1.38. The van der Waals surface area contributed by atoms with E-state index in [0.717, 1.165) is 60.0 Å². The summed E-state index contributed by atoms with van der Waals surface area (Å²) in [5.74, 6) is -0.126. The Morgan fingerprint density at radius 3 is 2.62 bits per heavy atom. The molecule has 2 N–H and O–H groups in total. The van der Waals surface area contributed by atoms with Crippen LogP contribution in [-0.4, -0.2) is 56.5 Å². The molecule has 1 amide bonds. The third kappa shape index (κ3) is 5.38. The standard InChI is InChI=1S/C29H28ClN7O2S/c1-19(22-4-2-3-5-23(22)30)39-26-15-27(40-28(26)29(31)38)37-18-34-24-16-33-20(14-25(24)37)17-35-10-12-36(13-11-35)21-6-8-32-9-7-21/h2-9,14-16,18-19H,10-13,17H2,1H3,(H2,31,38)/t19-/m1/s1. The molecule has 0 spiro atoms. The van der Waals surface area contributed by atoms with Gasteiger partial charge < -0.3 is 15.4 Å². The van der Waals surface area contributed by atoms with E-state index in [-0.39, 0.29) is 6.10 Å². The Kier molecular flexibility index (Phi) is 7.38. The Balaban J connectivity index is 1.21. The van der Waals surface area contributed by atoms with Crippen molar-refractivity contribution in [2.75, 3.05) is 31.1 Å². The summed E-state index contributed by atoms with van der Waals surface area (Å²) >= 11 is 7.63. The minimum atomic E-state index is -0.546. The monoisotopic (exact) mass is 573 g/mol. The van der Waals surface area contributed by atoms with E-state index in [9.17, 15) is 4.79 Å². The zero-order valence-electron chi connectivity index (χ0n) is 21.9. The molecule has 40 heavy (non-hydrogen) atoms. The Morgan fingerprint density at radius 2 is 1.88 bits per heavy atom. The second-order valence-corrected chi connectivity index (χ2v) is 11.1. The van der Waals surface area contributed by atoms with Crippen LogP contribution in [0, 0.1) is 0 Å². The molecule has 204 valence electrons. The van der Waals surface area contributed by atoms with Crippen molar-refractivity contribution in [2.45, 2.75) is 19.6 Å². The normalized spacial score (nSPS) is 14.9. The van der Waals surface area contributed by atoms with Crippen molar-refractivity contribution in [2.24, 2.45) is 5.73 Å².